The van der Waals surface area contributed by atoms with Crippen molar-refractivity contribution >= 4 is 6.09 Å². The molecule has 1 atom stereocenters. The van der Waals surface area contributed by atoms with Crippen molar-refractivity contribution in [3.8, 4) is 0 Å². The van der Waals surface area contributed by atoms with Crippen LogP contribution in [-0.4, -0.2) is 21.9 Å². The molecule has 1 unspecified atom stereocenters. The summed E-state index contributed by atoms with van der Waals surface area (Å²) in [6.07, 6.45) is -0.147. The summed E-state index contributed by atoms with van der Waals surface area (Å²) in [4.78, 5) is 10.8. The molecular weight excluding hydrogens is 218 g/mol. The van der Waals surface area contributed by atoms with Gasteiger partial charge < -0.3 is 15.5 Å². The number of hydrogen-bond acceptors (Lipinski definition) is 2. The molecule has 0 heterocycles. The van der Waals surface area contributed by atoms with Gasteiger partial charge in [-0.25, -0.2) is 4.79 Å². The van der Waals surface area contributed by atoms with E-state index in [1.54, 1.807) is 0 Å². The predicted octanol–water partition coefficient (Wildman–Crippen LogP) is 2.55. The van der Waals surface area contributed by atoms with Crippen LogP contribution >= 0.6 is 0 Å². The fraction of sp³-hybridized carbons (Fsp3) is 0.462. The van der Waals surface area contributed by atoms with Gasteiger partial charge >= 0.3 is 6.09 Å². The first-order valence-corrected chi connectivity index (χ1v) is 5.80. The Morgan fingerprint density at radius 3 is 2.24 bits per heavy atom. The highest BCUT2D eigenvalue weighted by molar-refractivity contribution is 5.65. The van der Waals surface area contributed by atoms with Crippen molar-refractivity contribution in [3.63, 3.8) is 0 Å². The minimum atomic E-state index is -1.13. The highest BCUT2D eigenvalue weighted by Gasteiger charge is 2.35. The van der Waals surface area contributed by atoms with E-state index in [9.17, 15) is 9.90 Å². The van der Waals surface area contributed by atoms with Gasteiger partial charge in [-0.05, 0) is 18.4 Å². The Labute approximate surface area is 101 Å². The molecule has 0 saturated heterocycles. The van der Waals surface area contributed by atoms with Gasteiger partial charge in [0.1, 0.15) is 0 Å². The number of benzene rings is 1. The third-order valence-electron chi connectivity index (χ3n) is 3.16. The number of carbonyl (C=O) groups is 1. The van der Waals surface area contributed by atoms with Crippen LogP contribution in [0.2, 0.25) is 0 Å². The average molecular weight is 237 g/mol. The Balaban J connectivity index is 3.07. The van der Waals surface area contributed by atoms with E-state index in [2.05, 4.69) is 5.32 Å². The molecule has 0 aliphatic heterocycles. The molecule has 0 saturated carbocycles. The van der Waals surface area contributed by atoms with Gasteiger partial charge in [0.2, 0.25) is 0 Å². The smallest absolute Gasteiger partial charge is 0.405 e. The van der Waals surface area contributed by atoms with Crippen molar-refractivity contribution in [1.29, 1.82) is 0 Å². The highest BCUT2D eigenvalue weighted by atomic mass is 16.4. The highest BCUT2D eigenvalue weighted by Crippen LogP contribution is 2.31. The normalized spacial score (nSPS) is 13.1. The molecule has 1 aromatic carbocycles. The summed E-state index contributed by atoms with van der Waals surface area (Å²) in [6.45, 7) is 3.70. The first-order valence-electron chi connectivity index (χ1n) is 5.80. The molecule has 0 aliphatic carbocycles. The van der Waals surface area contributed by atoms with Crippen molar-refractivity contribution in [2.75, 3.05) is 0 Å². The molecule has 0 fully saturated rings. The van der Waals surface area contributed by atoms with Crippen LogP contribution in [0.15, 0.2) is 30.3 Å². The number of carboxylic acid groups (broad SMARTS) is 1. The van der Waals surface area contributed by atoms with Gasteiger partial charge in [0.25, 0.3) is 0 Å². The van der Waals surface area contributed by atoms with Gasteiger partial charge in [-0.3, -0.25) is 0 Å². The summed E-state index contributed by atoms with van der Waals surface area (Å²) < 4.78 is 0. The van der Waals surface area contributed by atoms with Gasteiger partial charge in [-0.1, -0.05) is 44.2 Å². The Kier molecular flexibility index (Phi) is 4.52. The molecule has 1 rings (SSSR count). The number of hydrogen-bond donors (Lipinski definition) is 3. The average Bonchev–Trinajstić information content (AvgIpc) is 2.36. The van der Waals surface area contributed by atoms with Crippen molar-refractivity contribution in [2.24, 2.45) is 0 Å². The number of aliphatic hydroxyl groups is 1. The van der Waals surface area contributed by atoms with E-state index in [1.807, 2.05) is 44.2 Å². The maximum atomic E-state index is 10.8. The van der Waals surface area contributed by atoms with Crippen LogP contribution in [0.1, 0.15) is 38.3 Å². The van der Waals surface area contributed by atoms with E-state index >= 15 is 0 Å². The first-order chi connectivity index (χ1) is 8.03. The lowest BCUT2D eigenvalue weighted by atomic mass is 9.84. The molecule has 0 aromatic heterocycles. The molecule has 0 spiro atoms. The summed E-state index contributed by atoms with van der Waals surface area (Å²) >= 11 is 0. The molecular formula is C13H19NO3. The van der Waals surface area contributed by atoms with Gasteiger partial charge in [0.15, 0.2) is 0 Å². The second-order valence-electron chi connectivity index (χ2n) is 4.10. The zero-order valence-corrected chi connectivity index (χ0v) is 10.2. The third-order valence-corrected chi connectivity index (χ3v) is 3.16. The van der Waals surface area contributed by atoms with Crippen LogP contribution in [0.5, 0.6) is 0 Å². The standard InChI is InChI=1S/C13H19NO3/c1-3-13(17,4-2)11(14-12(15)16)10-8-6-5-7-9-10/h5-9,11,14,17H,3-4H2,1-2H3,(H,15,16). The molecule has 1 aromatic rings. The summed E-state index contributed by atoms with van der Waals surface area (Å²) in [5.41, 5.74) is -0.277. The Bertz CT molecular complexity index is 360. The molecule has 0 radical (unpaired) electrons. The second-order valence-corrected chi connectivity index (χ2v) is 4.10. The second kappa shape index (κ2) is 5.68. The summed E-state index contributed by atoms with van der Waals surface area (Å²) in [7, 11) is 0. The van der Waals surface area contributed by atoms with E-state index < -0.39 is 17.7 Å². The van der Waals surface area contributed by atoms with Crippen LogP contribution in [-0.2, 0) is 0 Å². The summed E-state index contributed by atoms with van der Waals surface area (Å²) in [5, 5.41) is 21.7. The Hall–Kier alpha value is -1.55. The lowest BCUT2D eigenvalue weighted by Crippen LogP contribution is -2.45. The number of rotatable bonds is 5. The predicted molar refractivity (Wildman–Crippen MR) is 65.9 cm³/mol. The lowest BCUT2D eigenvalue weighted by Gasteiger charge is -2.34. The van der Waals surface area contributed by atoms with Crippen molar-refractivity contribution in [2.45, 2.75) is 38.3 Å². The van der Waals surface area contributed by atoms with E-state index in [0.29, 0.717) is 12.8 Å². The summed E-state index contributed by atoms with van der Waals surface area (Å²) in [5.74, 6) is 0. The van der Waals surface area contributed by atoms with Gasteiger partial charge in [-0.15, -0.1) is 0 Å². The van der Waals surface area contributed by atoms with Crippen LogP contribution in [0.25, 0.3) is 0 Å². The summed E-state index contributed by atoms with van der Waals surface area (Å²) in [6, 6.07) is 8.55. The molecule has 4 nitrogen and oxygen atoms in total. The molecule has 1 amide bonds. The molecule has 3 N–H and O–H groups in total. The largest absolute Gasteiger partial charge is 0.465 e. The van der Waals surface area contributed by atoms with Crippen LogP contribution < -0.4 is 5.32 Å². The quantitative estimate of drug-likeness (QED) is 0.737. The molecule has 17 heavy (non-hydrogen) atoms. The van der Waals surface area contributed by atoms with E-state index in [-0.39, 0.29) is 0 Å². The van der Waals surface area contributed by atoms with E-state index in [1.165, 1.54) is 0 Å². The lowest BCUT2D eigenvalue weighted by molar-refractivity contribution is -0.00572. The van der Waals surface area contributed by atoms with Gasteiger partial charge in [-0.2, -0.15) is 0 Å². The maximum absolute atomic E-state index is 10.8. The van der Waals surface area contributed by atoms with Crippen molar-refractivity contribution < 1.29 is 15.0 Å². The maximum Gasteiger partial charge on any atom is 0.405 e. The Morgan fingerprint density at radius 1 is 1.29 bits per heavy atom. The van der Waals surface area contributed by atoms with E-state index in [4.69, 9.17) is 5.11 Å². The number of amides is 1. The topological polar surface area (TPSA) is 69.6 Å². The third kappa shape index (κ3) is 3.20. The molecule has 0 aliphatic rings. The van der Waals surface area contributed by atoms with Crippen molar-refractivity contribution in [1.82, 2.24) is 5.32 Å². The molecule has 4 heteroatoms. The van der Waals surface area contributed by atoms with Crippen LogP contribution in [0.3, 0.4) is 0 Å². The SMILES string of the molecule is CCC(O)(CC)C(NC(=O)O)c1ccccc1. The number of nitrogens with one attached hydrogen (secondary N) is 1. The fourth-order valence-electron chi connectivity index (χ4n) is 1.96. The minimum Gasteiger partial charge on any atom is -0.465 e. The monoisotopic (exact) mass is 237 g/mol. The Morgan fingerprint density at radius 2 is 1.82 bits per heavy atom. The zero-order chi connectivity index (χ0) is 12.9. The molecule has 94 valence electrons. The zero-order valence-electron chi connectivity index (χ0n) is 10.2. The first kappa shape index (κ1) is 13.5. The van der Waals surface area contributed by atoms with Crippen LogP contribution in [0.4, 0.5) is 4.79 Å². The molecule has 0 bridgehead atoms. The fourth-order valence-corrected chi connectivity index (χ4v) is 1.96. The minimum absolute atomic E-state index is 0.489. The van der Waals surface area contributed by atoms with E-state index in [0.717, 1.165) is 5.56 Å². The van der Waals surface area contributed by atoms with Gasteiger partial charge in [0, 0.05) is 0 Å². The van der Waals surface area contributed by atoms with Crippen molar-refractivity contribution in [3.05, 3.63) is 35.9 Å². The van der Waals surface area contributed by atoms with Crippen LogP contribution in [0, 0.1) is 0 Å². The van der Waals surface area contributed by atoms with Gasteiger partial charge in [0.05, 0.1) is 11.6 Å².